The summed E-state index contributed by atoms with van der Waals surface area (Å²) in [5.74, 6) is -1.69. The third-order valence-electron chi connectivity index (χ3n) is 10.3. The van der Waals surface area contributed by atoms with Crippen LogP contribution in [0.4, 0.5) is 16.2 Å². The van der Waals surface area contributed by atoms with E-state index in [1.807, 2.05) is 48.5 Å². The number of H-pyrrole nitrogens is 1. The van der Waals surface area contributed by atoms with Crippen LogP contribution in [-0.2, 0) is 29.3 Å². The van der Waals surface area contributed by atoms with Gasteiger partial charge in [0, 0.05) is 20.4 Å². The highest BCUT2D eigenvalue weighted by Gasteiger charge is 2.57. The fraction of sp³-hybridized carbons (Fsp3) is 0.273. The molecular weight excluding hydrogens is 767 g/mol. The first-order chi connectivity index (χ1) is 28.4. The molecule has 0 spiro atoms. The molecule has 0 saturated carbocycles. The van der Waals surface area contributed by atoms with Gasteiger partial charge in [-0.3, -0.25) is 9.63 Å². The molecule has 0 radical (unpaired) electrons. The quantitative estimate of drug-likeness (QED) is 0.122. The summed E-state index contributed by atoms with van der Waals surface area (Å²) >= 11 is 0. The Morgan fingerprint density at radius 2 is 1.44 bits per heavy atom. The van der Waals surface area contributed by atoms with Crippen molar-refractivity contribution in [3.8, 4) is 5.88 Å². The van der Waals surface area contributed by atoms with Gasteiger partial charge in [0.25, 0.3) is 14.0 Å². The number of anilines is 2. The lowest BCUT2D eigenvalue weighted by atomic mass is 10.0. The van der Waals surface area contributed by atoms with E-state index < -0.39 is 38.1 Å². The Balaban J connectivity index is 1.38. The van der Waals surface area contributed by atoms with Crippen molar-refractivity contribution >= 4 is 59.2 Å². The number of nitrogens with zero attached hydrogens (tertiary/aromatic N) is 6. The first-order valence-electron chi connectivity index (χ1n) is 19.4. The van der Waals surface area contributed by atoms with Gasteiger partial charge in [-0.2, -0.15) is 15.0 Å². The number of benzene rings is 4. The Morgan fingerprint density at radius 1 is 0.898 bits per heavy atom. The molecule has 0 aliphatic carbocycles. The number of aromatic nitrogens is 4. The fourth-order valence-electron chi connectivity index (χ4n) is 7.69. The molecule has 3 heterocycles. The Morgan fingerprint density at radius 3 is 1.95 bits per heavy atom. The minimum Gasteiger partial charge on any atom is -0.462 e. The highest BCUT2D eigenvalue weighted by Crippen LogP contribution is 2.42. The standard InChI is InChI=1S/C44H47N7O7Si/c1-7-55-40(53)44(28-34(49(6)58-44)29-56-59(43(3,4)5,35-24-16-10-17-25-35)36-26-18-11-19-27-36)51-39(37-38(46-30-45-37)48-41(51)47-31(2)52)57-42(54)50(32-20-12-8-13-21-32)33-22-14-9-15-23-33/h8-27,30,34H,7,28-29H2,1-6H3,(H,45,46,47,48,52)/t34-,44-/m1/s1. The van der Waals surface area contributed by atoms with Crippen LogP contribution in [0, 0.1) is 0 Å². The number of hydrogen-bond donors (Lipinski definition) is 1. The van der Waals surface area contributed by atoms with Gasteiger partial charge in [0.2, 0.25) is 17.4 Å². The van der Waals surface area contributed by atoms with Crippen LogP contribution in [0.15, 0.2) is 133 Å². The number of carbonyl (C=O) groups is 3. The zero-order valence-corrected chi connectivity index (χ0v) is 34.9. The van der Waals surface area contributed by atoms with E-state index in [0.29, 0.717) is 11.4 Å². The molecule has 1 aliphatic heterocycles. The van der Waals surface area contributed by atoms with Gasteiger partial charge in [-0.05, 0) is 46.6 Å². The van der Waals surface area contributed by atoms with Crippen molar-refractivity contribution in [2.75, 3.05) is 25.2 Å². The third-order valence-corrected chi connectivity index (χ3v) is 15.3. The lowest BCUT2D eigenvalue weighted by Crippen LogP contribution is -2.67. The van der Waals surface area contributed by atoms with Crippen LogP contribution in [0.5, 0.6) is 5.88 Å². The molecule has 1 saturated heterocycles. The second-order valence-corrected chi connectivity index (χ2v) is 19.4. The second kappa shape index (κ2) is 16.9. The van der Waals surface area contributed by atoms with Crippen LogP contribution in [0.3, 0.4) is 0 Å². The van der Waals surface area contributed by atoms with Crippen molar-refractivity contribution in [3.63, 3.8) is 0 Å². The van der Waals surface area contributed by atoms with Crippen molar-refractivity contribution < 1.29 is 33.1 Å². The lowest BCUT2D eigenvalue weighted by molar-refractivity contribution is -0.239. The van der Waals surface area contributed by atoms with Crippen LogP contribution in [-0.4, -0.2) is 77.2 Å². The number of fused-ring (bicyclic) bond motifs is 1. The molecule has 14 nitrogen and oxygen atoms in total. The van der Waals surface area contributed by atoms with Crippen LogP contribution in [0.1, 0.15) is 41.0 Å². The molecule has 15 heteroatoms. The summed E-state index contributed by atoms with van der Waals surface area (Å²) in [6, 6.07) is 37.8. The minimum absolute atomic E-state index is 0.0126. The Bertz CT molecular complexity index is 2410. The summed E-state index contributed by atoms with van der Waals surface area (Å²) in [6.07, 6.45) is 0.435. The molecule has 59 heavy (non-hydrogen) atoms. The molecule has 304 valence electrons. The molecule has 1 fully saturated rings. The highest BCUT2D eigenvalue weighted by molar-refractivity contribution is 6.99. The molecule has 1 N–H and O–H groups in total. The summed E-state index contributed by atoms with van der Waals surface area (Å²) < 4.78 is 20.6. The van der Waals surface area contributed by atoms with E-state index in [1.165, 1.54) is 22.7 Å². The SMILES string of the molecule is CCOC(=O)[C@@]1(n2c(OC(=O)N(c3ccccc3)c3ccccc3)c3[nH]cnc3nc2=NC(C)=O)C[C@H](CO[Si](c2ccccc2)(c2ccccc2)C(C)(C)C)N(C)O1. The van der Waals surface area contributed by atoms with Crippen molar-refractivity contribution in [1.82, 2.24) is 24.6 Å². The predicted octanol–water partition coefficient (Wildman–Crippen LogP) is 5.97. The van der Waals surface area contributed by atoms with Gasteiger partial charge in [0.1, 0.15) is 5.52 Å². The molecule has 2 aromatic heterocycles. The molecule has 4 aromatic carbocycles. The maximum Gasteiger partial charge on any atom is 0.425 e. The van der Waals surface area contributed by atoms with Crippen LogP contribution in [0.2, 0.25) is 5.04 Å². The van der Waals surface area contributed by atoms with Gasteiger partial charge < -0.3 is 18.9 Å². The maximum absolute atomic E-state index is 14.6. The smallest absolute Gasteiger partial charge is 0.425 e. The Hall–Kier alpha value is -6.26. The number of imidazole rings is 1. The number of hydroxylamine groups is 2. The largest absolute Gasteiger partial charge is 0.462 e. The number of hydrogen-bond acceptors (Lipinski definition) is 10. The van der Waals surface area contributed by atoms with Crippen LogP contribution >= 0.6 is 0 Å². The molecular formula is C44H47N7O7Si. The molecule has 1 aliphatic rings. The summed E-state index contributed by atoms with van der Waals surface area (Å²) in [4.78, 5) is 66.2. The normalized spacial score (nSPS) is 17.5. The molecule has 0 unspecified atom stereocenters. The number of rotatable bonds is 11. The zero-order valence-electron chi connectivity index (χ0n) is 33.9. The van der Waals surface area contributed by atoms with Crippen molar-refractivity contribution in [3.05, 3.63) is 133 Å². The summed E-state index contributed by atoms with van der Waals surface area (Å²) in [6.45, 7) is 9.58. The van der Waals surface area contributed by atoms with E-state index in [0.717, 1.165) is 10.4 Å². The predicted molar refractivity (Wildman–Crippen MR) is 225 cm³/mol. The second-order valence-electron chi connectivity index (χ2n) is 15.1. The van der Waals surface area contributed by atoms with Crippen LogP contribution in [0.25, 0.3) is 11.2 Å². The third kappa shape index (κ3) is 7.84. The van der Waals surface area contributed by atoms with Gasteiger partial charge in [-0.15, -0.1) is 0 Å². The first kappa shape index (κ1) is 40.9. The lowest BCUT2D eigenvalue weighted by Gasteiger charge is -2.43. The van der Waals surface area contributed by atoms with E-state index in [-0.39, 0.29) is 47.3 Å². The van der Waals surface area contributed by atoms with E-state index in [1.54, 1.807) is 67.6 Å². The number of ether oxygens (including phenoxy) is 2. The van der Waals surface area contributed by atoms with E-state index >= 15 is 0 Å². The molecule has 2 amide bonds. The highest BCUT2D eigenvalue weighted by atomic mass is 28.4. The van der Waals surface area contributed by atoms with Crippen molar-refractivity contribution in [2.45, 2.75) is 57.8 Å². The summed E-state index contributed by atoms with van der Waals surface area (Å²) in [5.41, 5.74) is -1.16. The number of aromatic amines is 1. The van der Waals surface area contributed by atoms with Gasteiger partial charge >= 0.3 is 12.1 Å². The number of nitrogens with one attached hydrogen (secondary N) is 1. The molecule has 6 aromatic rings. The first-order valence-corrected chi connectivity index (χ1v) is 21.3. The van der Waals surface area contributed by atoms with E-state index in [2.05, 4.69) is 65.0 Å². The minimum atomic E-state index is -3.05. The average Bonchev–Trinajstić information content (AvgIpc) is 3.84. The van der Waals surface area contributed by atoms with Crippen molar-refractivity contribution in [2.24, 2.45) is 4.99 Å². The van der Waals surface area contributed by atoms with Crippen LogP contribution < -0.4 is 25.6 Å². The van der Waals surface area contributed by atoms with E-state index in [9.17, 15) is 14.4 Å². The monoisotopic (exact) mass is 813 g/mol. The number of esters is 1. The van der Waals surface area contributed by atoms with Crippen molar-refractivity contribution in [1.29, 1.82) is 0 Å². The van der Waals surface area contributed by atoms with Gasteiger partial charge in [0.05, 0.1) is 37.0 Å². The van der Waals surface area contributed by atoms with Gasteiger partial charge in [0.15, 0.2) is 5.65 Å². The van der Waals surface area contributed by atoms with Gasteiger partial charge in [-0.25, -0.2) is 24.0 Å². The summed E-state index contributed by atoms with van der Waals surface area (Å²) in [7, 11) is -1.36. The van der Waals surface area contributed by atoms with Gasteiger partial charge in [-0.1, -0.05) is 118 Å². The van der Waals surface area contributed by atoms with E-state index in [4.69, 9.17) is 18.7 Å². The molecule has 0 bridgehead atoms. The molecule has 7 rings (SSSR count). The maximum atomic E-state index is 14.6. The number of carbonyl (C=O) groups excluding carboxylic acids is 3. The fourth-order valence-corrected chi connectivity index (χ4v) is 12.3. The number of para-hydroxylation sites is 2. The number of likely N-dealkylation sites (N-methyl/N-ethyl adjacent to an activating group) is 1. The number of amides is 2. The average molecular weight is 814 g/mol. The summed E-state index contributed by atoms with van der Waals surface area (Å²) in [5, 5.41) is 3.37. The Labute approximate surface area is 343 Å². The topological polar surface area (TPSA) is 153 Å². The Kier molecular flexibility index (Phi) is 11.7. The molecule has 2 atom stereocenters. The zero-order chi connectivity index (χ0) is 41.8.